The molecule has 1 aliphatic carbocycles. The highest BCUT2D eigenvalue weighted by atomic mass is 79.9. The lowest BCUT2D eigenvalue weighted by atomic mass is 9.85. The predicted molar refractivity (Wildman–Crippen MR) is 68.1 cm³/mol. The number of hydrogen-bond donors (Lipinski definition) is 1. The fourth-order valence-corrected chi connectivity index (χ4v) is 3.04. The van der Waals surface area contributed by atoms with Gasteiger partial charge in [-0.2, -0.15) is 0 Å². The number of benzene rings is 1. The maximum Gasteiger partial charge on any atom is 0.130 e. The summed E-state index contributed by atoms with van der Waals surface area (Å²) in [7, 11) is 0. The molecule has 16 heavy (non-hydrogen) atoms. The minimum absolute atomic E-state index is 0.00870. The van der Waals surface area contributed by atoms with Crippen molar-refractivity contribution in [3.63, 3.8) is 0 Å². The molecule has 1 aliphatic rings. The van der Waals surface area contributed by atoms with E-state index in [4.69, 9.17) is 5.73 Å². The average Bonchev–Trinajstić information content (AvgIpc) is 2.97. The van der Waals surface area contributed by atoms with Gasteiger partial charge < -0.3 is 5.73 Å². The molecule has 0 bridgehead atoms. The van der Waals surface area contributed by atoms with Gasteiger partial charge >= 0.3 is 0 Å². The van der Waals surface area contributed by atoms with Gasteiger partial charge in [0.15, 0.2) is 0 Å². The Bertz CT molecular complexity index is 410. The maximum absolute atomic E-state index is 14.3. The van der Waals surface area contributed by atoms with Crippen molar-refractivity contribution >= 4 is 15.9 Å². The lowest BCUT2D eigenvalue weighted by molar-refractivity contribution is 0.505. The molecule has 1 atom stereocenters. The minimum Gasteiger partial charge on any atom is -0.327 e. The van der Waals surface area contributed by atoms with Crippen LogP contribution < -0.4 is 5.73 Å². The molecule has 0 aliphatic heterocycles. The molecule has 88 valence electrons. The third-order valence-electron chi connectivity index (χ3n) is 3.80. The highest BCUT2D eigenvalue weighted by molar-refractivity contribution is 9.10. The molecular formula is C13H17BrFN. The number of aryl methyl sites for hydroxylation is 1. The molecule has 1 aromatic carbocycles. The SMILES string of the molecule is Cc1cc(Br)c(C)c(C2(C(C)N)CC2)c1F. The second-order valence-corrected chi connectivity index (χ2v) is 5.79. The third kappa shape index (κ3) is 1.61. The summed E-state index contributed by atoms with van der Waals surface area (Å²) < 4.78 is 15.2. The number of hydrogen-bond acceptors (Lipinski definition) is 1. The van der Waals surface area contributed by atoms with E-state index < -0.39 is 0 Å². The van der Waals surface area contributed by atoms with Crippen molar-refractivity contribution in [2.45, 2.75) is 45.1 Å². The van der Waals surface area contributed by atoms with E-state index in [2.05, 4.69) is 15.9 Å². The van der Waals surface area contributed by atoms with Gasteiger partial charge in [0.25, 0.3) is 0 Å². The van der Waals surface area contributed by atoms with Crippen LogP contribution in [0.2, 0.25) is 0 Å². The van der Waals surface area contributed by atoms with Crippen molar-refractivity contribution in [2.75, 3.05) is 0 Å². The Labute approximate surface area is 104 Å². The summed E-state index contributed by atoms with van der Waals surface area (Å²) in [5, 5.41) is 0. The quantitative estimate of drug-likeness (QED) is 0.883. The third-order valence-corrected chi connectivity index (χ3v) is 4.62. The first-order valence-electron chi connectivity index (χ1n) is 5.61. The topological polar surface area (TPSA) is 26.0 Å². The molecule has 1 aromatic rings. The van der Waals surface area contributed by atoms with E-state index in [0.717, 1.165) is 28.4 Å². The molecular weight excluding hydrogens is 269 g/mol. The van der Waals surface area contributed by atoms with E-state index in [1.54, 1.807) is 6.92 Å². The molecule has 2 rings (SSSR count). The zero-order valence-electron chi connectivity index (χ0n) is 9.90. The van der Waals surface area contributed by atoms with E-state index in [0.29, 0.717) is 5.56 Å². The summed E-state index contributed by atoms with van der Waals surface area (Å²) >= 11 is 3.49. The van der Waals surface area contributed by atoms with Crippen LogP contribution in [0.4, 0.5) is 4.39 Å². The van der Waals surface area contributed by atoms with Crippen molar-refractivity contribution in [3.8, 4) is 0 Å². The maximum atomic E-state index is 14.3. The Hall–Kier alpha value is -0.410. The fourth-order valence-electron chi connectivity index (χ4n) is 2.50. The van der Waals surface area contributed by atoms with Gasteiger partial charge in [-0.15, -0.1) is 0 Å². The largest absolute Gasteiger partial charge is 0.327 e. The fraction of sp³-hybridized carbons (Fsp3) is 0.538. The van der Waals surface area contributed by atoms with Crippen molar-refractivity contribution in [1.29, 1.82) is 0 Å². The van der Waals surface area contributed by atoms with E-state index >= 15 is 0 Å². The summed E-state index contributed by atoms with van der Waals surface area (Å²) in [6, 6.07) is 1.85. The Morgan fingerprint density at radius 2 is 2.00 bits per heavy atom. The van der Waals surface area contributed by atoms with Crippen molar-refractivity contribution in [3.05, 3.63) is 33.0 Å². The first kappa shape index (κ1) is 12.1. The molecule has 1 saturated carbocycles. The summed E-state index contributed by atoms with van der Waals surface area (Å²) in [6.07, 6.45) is 2.00. The zero-order chi connectivity index (χ0) is 12.1. The van der Waals surface area contributed by atoms with E-state index in [9.17, 15) is 4.39 Å². The number of rotatable bonds is 2. The number of nitrogens with two attached hydrogens (primary N) is 1. The van der Waals surface area contributed by atoms with Crippen molar-refractivity contribution in [2.24, 2.45) is 5.73 Å². The molecule has 0 spiro atoms. The summed E-state index contributed by atoms with van der Waals surface area (Å²) in [5.41, 5.74) is 8.42. The molecule has 0 aromatic heterocycles. The highest BCUT2D eigenvalue weighted by Crippen LogP contribution is 2.53. The second kappa shape index (κ2) is 3.81. The van der Waals surface area contributed by atoms with Crippen LogP contribution in [0.15, 0.2) is 10.5 Å². The Kier molecular flexibility index (Phi) is 2.87. The van der Waals surface area contributed by atoms with Crippen molar-refractivity contribution in [1.82, 2.24) is 0 Å². The Balaban J connectivity index is 2.65. The predicted octanol–water partition coefficient (Wildman–Crippen LogP) is 3.58. The normalized spacial score (nSPS) is 19.6. The lowest BCUT2D eigenvalue weighted by Crippen LogP contribution is -2.33. The minimum atomic E-state index is -0.122. The molecule has 1 unspecified atom stereocenters. The first-order chi connectivity index (χ1) is 7.40. The smallest absolute Gasteiger partial charge is 0.130 e. The standard InChI is InChI=1S/C13H17BrFN/c1-7-6-10(14)8(2)11(12(7)15)13(4-5-13)9(3)16/h6,9H,4-5,16H2,1-3H3. The van der Waals surface area contributed by atoms with Crippen LogP contribution in [0.1, 0.15) is 36.5 Å². The van der Waals surface area contributed by atoms with Gasteiger partial charge in [0.1, 0.15) is 5.82 Å². The van der Waals surface area contributed by atoms with Gasteiger partial charge in [-0.1, -0.05) is 15.9 Å². The van der Waals surface area contributed by atoms with Crippen LogP contribution in [0.5, 0.6) is 0 Å². The van der Waals surface area contributed by atoms with Crippen LogP contribution >= 0.6 is 15.9 Å². The average molecular weight is 286 g/mol. The monoisotopic (exact) mass is 285 g/mol. The van der Waals surface area contributed by atoms with E-state index in [1.807, 2.05) is 19.9 Å². The van der Waals surface area contributed by atoms with Crippen LogP contribution in [0.3, 0.4) is 0 Å². The Morgan fingerprint density at radius 1 is 1.44 bits per heavy atom. The van der Waals surface area contributed by atoms with Crippen LogP contribution in [-0.2, 0) is 5.41 Å². The van der Waals surface area contributed by atoms with Gasteiger partial charge in [-0.25, -0.2) is 4.39 Å². The molecule has 1 nitrogen and oxygen atoms in total. The van der Waals surface area contributed by atoms with Crippen LogP contribution in [-0.4, -0.2) is 6.04 Å². The van der Waals surface area contributed by atoms with Gasteiger partial charge in [0, 0.05) is 15.9 Å². The summed E-state index contributed by atoms with van der Waals surface area (Å²) in [6.45, 7) is 5.74. The summed E-state index contributed by atoms with van der Waals surface area (Å²) in [4.78, 5) is 0. The molecule has 0 heterocycles. The second-order valence-electron chi connectivity index (χ2n) is 4.93. The van der Waals surface area contributed by atoms with Crippen LogP contribution in [0, 0.1) is 19.7 Å². The summed E-state index contributed by atoms with van der Waals surface area (Å²) in [5.74, 6) is -0.0736. The zero-order valence-corrected chi connectivity index (χ0v) is 11.5. The van der Waals surface area contributed by atoms with Gasteiger partial charge in [0.2, 0.25) is 0 Å². The van der Waals surface area contributed by atoms with Gasteiger partial charge in [-0.3, -0.25) is 0 Å². The molecule has 1 fully saturated rings. The van der Waals surface area contributed by atoms with Crippen molar-refractivity contribution < 1.29 is 4.39 Å². The first-order valence-corrected chi connectivity index (χ1v) is 6.40. The molecule has 0 amide bonds. The highest BCUT2D eigenvalue weighted by Gasteiger charge is 2.50. The van der Waals surface area contributed by atoms with Gasteiger partial charge in [-0.05, 0) is 56.4 Å². The molecule has 0 saturated heterocycles. The van der Waals surface area contributed by atoms with Crippen LogP contribution in [0.25, 0.3) is 0 Å². The lowest BCUT2D eigenvalue weighted by Gasteiger charge is -2.24. The van der Waals surface area contributed by atoms with Gasteiger partial charge in [0.05, 0.1) is 0 Å². The van der Waals surface area contributed by atoms with E-state index in [1.165, 1.54) is 0 Å². The number of halogens is 2. The molecule has 0 radical (unpaired) electrons. The Morgan fingerprint density at radius 3 is 2.44 bits per heavy atom. The van der Waals surface area contributed by atoms with E-state index in [-0.39, 0.29) is 17.3 Å². The molecule has 3 heteroatoms. The molecule has 2 N–H and O–H groups in total.